The number of amides is 1. The first-order valence-electron chi connectivity index (χ1n) is 6.42. The number of rotatable bonds is 4. The van der Waals surface area contributed by atoms with Gasteiger partial charge in [0.2, 0.25) is 0 Å². The monoisotopic (exact) mass is 308 g/mol. The lowest BCUT2D eigenvalue weighted by Gasteiger charge is -2.20. The van der Waals surface area contributed by atoms with E-state index in [1.807, 2.05) is 30.3 Å². The molecular weight excluding hydrogens is 288 g/mol. The van der Waals surface area contributed by atoms with E-state index in [9.17, 15) is 4.79 Å². The molecule has 1 aromatic carbocycles. The minimum atomic E-state index is -0.550. The van der Waals surface area contributed by atoms with Crippen LogP contribution in [0.4, 0.5) is 4.79 Å². The molecule has 0 aliphatic rings. The average molecular weight is 308 g/mol. The van der Waals surface area contributed by atoms with E-state index < -0.39 is 11.7 Å². The molecule has 0 aliphatic carbocycles. The van der Waals surface area contributed by atoms with Crippen LogP contribution in [-0.4, -0.2) is 29.1 Å². The minimum absolute atomic E-state index is 0.0562. The largest absolute Gasteiger partial charge is 0.444 e. The van der Waals surface area contributed by atoms with Crippen molar-refractivity contribution in [3.63, 3.8) is 0 Å². The lowest BCUT2D eigenvalue weighted by Crippen LogP contribution is -2.36. The number of carbonyl (C=O) groups excluding carboxylic acids is 1. The van der Waals surface area contributed by atoms with Gasteiger partial charge in [-0.3, -0.25) is 5.43 Å². The number of hydrogen-bond donors (Lipinski definition) is 3. The van der Waals surface area contributed by atoms with Crippen LogP contribution < -0.4 is 16.5 Å². The van der Waals surface area contributed by atoms with Crippen LogP contribution in [0.25, 0.3) is 0 Å². The molecule has 4 N–H and O–H groups in total. The van der Waals surface area contributed by atoms with Crippen molar-refractivity contribution >= 4 is 29.1 Å². The number of nitrogens with two attached hydrogens (primary N) is 1. The zero-order valence-electron chi connectivity index (χ0n) is 12.3. The van der Waals surface area contributed by atoms with Crippen molar-refractivity contribution in [2.24, 2.45) is 10.8 Å². The van der Waals surface area contributed by atoms with Crippen LogP contribution in [0, 0.1) is 0 Å². The van der Waals surface area contributed by atoms with Crippen LogP contribution in [0.3, 0.4) is 0 Å². The Bertz CT molecular complexity index is 524. The summed E-state index contributed by atoms with van der Waals surface area (Å²) in [6.07, 6.45) is -0.513. The van der Waals surface area contributed by atoms with Crippen molar-refractivity contribution in [1.82, 2.24) is 10.7 Å². The molecule has 0 radical (unpaired) electrons. The van der Waals surface area contributed by atoms with E-state index in [-0.39, 0.29) is 11.7 Å². The van der Waals surface area contributed by atoms with Gasteiger partial charge in [0, 0.05) is 0 Å². The highest BCUT2D eigenvalue weighted by Gasteiger charge is 2.16. The lowest BCUT2D eigenvalue weighted by atomic mass is 10.1. The molecule has 0 heterocycles. The topological polar surface area (TPSA) is 88.7 Å². The SMILES string of the molecule is CC(C)(C)OC(=O)NCC(=NNC(N)=S)c1ccccc1. The Labute approximate surface area is 129 Å². The predicted molar refractivity (Wildman–Crippen MR) is 87.1 cm³/mol. The van der Waals surface area contributed by atoms with Crippen LogP contribution >= 0.6 is 12.2 Å². The van der Waals surface area contributed by atoms with Crippen LogP contribution in [-0.2, 0) is 4.74 Å². The molecule has 114 valence electrons. The second-order valence-corrected chi connectivity index (χ2v) is 5.70. The van der Waals surface area contributed by atoms with Gasteiger partial charge in [0.15, 0.2) is 5.11 Å². The molecule has 0 fully saturated rings. The molecular formula is C14H20N4O2S. The zero-order valence-corrected chi connectivity index (χ0v) is 13.2. The number of thiocarbonyl (C=S) groups is 1. The van der Waals surface area contributed by atoms with Gasteiger partial charge >= 0.3 is 6.09 Å². The summed E-state index contributed by atoms with van der Waals surface area (Å²) in [5.41, 5.74) is 8.77. The van der Waals surface area contributed by atoms with Gasteiger partial charge in [0.1, 0.15) is 5.60 Å². The third-order valence-electron chi connectivity index (χ3n) is 2.21. The quantitative estimate of drug-likeness (QED) is 0.448. The van der Waals surface area contributed by atoms with Gasteiger partial charge in [0.25, 0.3) is 0 Å². The normalized spacial score (nSPS) is 11.7. The molecule has 0 spiro atoms. The smallest absolute Gasteiger partial charge is 0.407 e. The summed E-state index contributed by atoms with van der Waals surface area (Å²) in [6.45, 7) is 5.59. The average Bonchev–Trinajstić information content (AvgIpc) is 2.37. The zero-order chi connectivity index (χ0) is 15.9. The number of carbonyl (C=O) groups is 1. The molecule has 0 saturated heterocycles. The van der Waals surface area contributed by atoms with Crippen molar-refractivity contribution in [3.8, 4) is 0 Å². The summed E-state index contributed by atoms with van der Waals surface area (Å²) in [5.74, 6) is 0. The van der Waals surface area contributed by atoms with Crippen molar-refractivity contribution in [2.75, 3.05) is 6.54 Å². The Morgan fingerprint density at radius 3 is 2.48 bits per heavy atom. The van der Waals surface area contributed by atoms with E-state index >= 15 is 0 Å². The second-order valence-electron chi connectivity index (χ2n) is 5.26. The number of nitrogens with zero attached hydrogens (tertiary/aromatic N) is 1. The van der Waals surface area contributed by atoms with E-state index in [1.165, 1.54) is 0 Å². The van der Waals surface area contributed by atoms with Gasteiger partial charge in [-0.15, -0.1) is 0 Å². The number of hydrogen-bond acceptors (Lipinski definition) is 4. The van der Waals surface area contributed by atoms with Gasteiger partial charge in [-0.05, 0) is 38.6 Å². The van der Waals surface area contributed by atoms with E-state index in [0.29, 0.717) is 5.71 Å². The molecule has 1 amide bonds. The fourth-order valence-electron chi connectivity index (χ4n) is 1.43. The van der Waals surface area contributed by atoms with Gasteiger partial charge in [-0.25, -0.2) is 4.79 Å². The first kappa shape index (κ1) is 16.9. The van der Waals surface area contributed by atoms with Crippen LogP contribution in [0.2, 0.25) is 0 Å². The molecule has 7 heteroatoms. The van der Waals surface area contributed by atoms with Gasteiger partial charge in [0.05, 0.1) is 12.3 Å². The molecule has 0 aromatic heterocycles. The first-order valence-corrected chi connectivity index (χ1v) is 6.83. The molecule has 0 aliphatic heterocycles. The molecule has 0 bridgehead atoms. The van der Waals surface area contributed by atoms with Crippen molar-refractivity contribution in [3.05, 3.63) is 35.9 Å². The fraction of sp³-hybridized carbons (Fsp3) is 0.357. The van der Waals surface area contributed by atoms with Crippen LogP contribution in [0.1, 0.15) is 26.3 Å². The highest BCUT2D eigenvalue weighted by molar-refractivity contribution is 7.80. The Morgan fingerprint density at radius 1 is 1.33 bits per heavy atom. The first-order chi connectivity index (χ1) is 9.78. The maximum absolute atomic E-state index is 11.7. The minimum Gasteiger partial charge on any atom is -0.444 e. The summed E-state index contributed by atoms with van der Waals surface area (Å²) in [7, 11) is 0. The van der Waals surface area contributed by atoms with Crippen LogP contribution in [0.15, 0.2) is 35.4 Å². The Morgan fingerprint density at radius 2 is 1.95 bits per heavy atom. The molecule has 6 nitrogen and oxygen atoms in total. The summed E-state index contributed by atoms with van der Waals surface area (Å²) in [4.78, 5) is 11.7. The van der Waals surface area contributed by atoms with Crippen molar-refractivity contribution < 1.29 is 9.53 Å². The number of alkyl carbamates (subject to hydrolysis) is 1. The maximum atomic E-state index is 11.7. The lowest BCUT2D eigenvalue weighted by molar-refractivity contribution is 0.0536. The highest BCUT2D eigenvalue weighted by Crippen LogP contribution is 2.06. The van der Waals surface area contributed by atoms with Crippen molar-refractivity contribution in [1.29, 1.82) is 0 Å². The van der Waals surface area contributed by atoms with Gasteiger partial charge < -0.3 is 15.8 Å². The van der Waals surface area contributed by atoms with E-state index in [2.05, 4.69) is 15.8 Å². The maximum Gasteiger partial charge on any atom is 0.407 e. The predicted octanol–water partition coefficient (Wildman–Crippen LogP) is 1.75. The Kier molecular flexibility index (Phi) is 6.10. The third kappa shape index (κ3) is 7.26. The fourth-order valence-corrected chi connectivity index (χ4v) is 1.47. The number of benzene rings is 1. The van der Waals surface area contributed by atoms with E-state index in [4.69, 9.17) is 22.7 Å². The third-order valence-corrected chi connectivity index (χ3v) is 2.30. The summed E-state index contributed by atoms with van der Waals surface area (Å²) in [5, 5.41) is 6.79. The van der Waals surface area contributed by atoms with E-state index in [0.717, 1.165) is 5.56 Å². The molecule has 0 atom stereocenters. The van der Waals surface area contributed by atoms with Gasteiger partial charge in [-0.1, -0.05) is 30.3 Å². The number of nitrogens with one attached hydrogen (secondary N) is 2. The Balaban J connectivity index is 2.73. The molecule has 1 rings (SSSR count). The second kappa shape index (κ2) is 7.58. The van der Waals surface area contributed by atoms with Gasteiger partial charge in [-0.2, -0.15) is 5.10 Å². The summed E-state index contributed by atoms with van der Waals surface area (Å²) in [6, 6.07) is 9.38. The summed E-state index contributed by atoms with van der Waals surface area (Å²) < 4.78 is 5.17. The molecule has 1 aromatic rings. The highest BCUT2D eigenvalue weighted by atomic mass is 32.1. The Hall–Kier alpha value is -2.15. The number of hydrazone groups is 1. The standard InChI is InChI=1S/C14H20N4O2S/c1-14(2,3)20-13(19)16-9-11(17-18-12(15)21)10-7-5-4-6-8-10/h4-8H,9H2,1-3H3,(H,16,19)(H3,15,18,21). The number of ether oxygens (including phenoxy) is 1. The van der Waals surface area contributed by atoms with Crippen molar-refractivity contribution in [2.45, 2.75) is 26.4 Å². The molecule has 21 heavy (non-hydrogen) atoms. The van der Waals surface area contributed by atoms with Crippen LogP contribution in [0.5, 0.6) is 0 Å². The summed E-state index contributed by atoms with van der Waals surface area (Å²) >= 11 is 4.72. The molecule has 0 saturated carbocycles. The molecule has 0 unspecified atom stereocenters. The van der Waals surface area contributed by atoms with E-state index in [1.54, 1.807) is 20.8 Å².